The van der Waals surface area contributed by atoms with Crippen LogP contribution in [0.25, 0.3) is 0 Å². The summed E-state index contributed by atoms with van der Waals surface area (Å²) in [7, 11) is 0. The lowest BCUT2D eigenvalue weighted by Crippen LogP contribution is -2.19. The maximum Gasteiger partial charge on any atom is 0.323 e. The van der Waals surface area contributed by atoms with Crippen LogP contribution in [0.2, 0.25) is 0 Å². The highest BCUT2D eigenvalue weighted by Crippen LogP contribution is 2.12. The van der Waals surface area contributed by atoms with Gasteiger partial charge in [-0.2, -0.15) is 15.0 Å². The van der Waals surface area contributed by atoms with Crippen molar-refractivity contribution in [3.05, 3.63) is 24.2 Å². The number of nitrogens with one attached hydrogen (secondary N) is 1. The Kier molecular flexibility index (Phi) is 4.75. The smallest absolute Gasteiger partial charge is 0.323 e. The van der Waals surface area contributed by atoms with Gasteiger partial charge in [0.1, 0.15) is 5.76 Å². The molecule has 108 valence electrons. The molecule has 0 radical (unpaired) electrons. The highest BCUT2D eigenvalue weighted by atomic mass is 16.5. The molecule has 0 fully saturated rings. The van der Waals surface area contributed by atoms with E-state index >= 15 is 0 Å². The van der Waals surface area contributed by atoms with Crippen LogP contribution >= 0.6 is 0 Å². The Morgan fingerprint density at radius 3 is 2.95 bits per heavy atom. The second kappa shape index (κ2) is 6.74. The van der Waals surface area contributed by atoms with Crippen molar-refractivity contribution in [1.82, 2.24) is 15.0 Å². The number of nitrogen functional groups attached to an aromatic ring is 1. The SMILES string of the molecule is CCOc1nc(N)nc(NC(C)CCc2ccco2)n1. The molecule has 20 heavy (non-hydrogen) atoms. The van der Waals surface area contributed by atoms with Crippen LogP contribution in [0, 0.1) is 0 Å². The van der Waals surface area contributed by atoms with Crippen LogP contribution in [0.15, 0.2) is 22.8 Å². The summed E-state index contributed by atoms with van der Waals surface area (Å²) in [5.74, 6) is 1.53. The lowest BCUT2D eigenvalue weighted by molar-refractivity contribution is 0.312. The van der Waals surface area contributed by atoms with Gasteiger partial charge in [0.25, 0.3) is 0 Å². The molecule has 7 heteroatoms. The van der Waals surface area contributed by atoms with Crippen molar-refractivity contribution in [2.75, 3.05) is 17.7 Å². The number of furan rings is 1. The molecule has 0 saturated carbocycles. The van der Waals surface area contributed by atoms with Gasteiger partial charge in [-0.15, -0.1) is 0 Å². The van der Waals surface area contributed by atoms with Crippen LogP contribution < -0.4 is 15.8 Å². The Hall–Kier alpha value is -2.31. The zero-order chi connectivity index (χ0) is 14.4. The molecular weight excluding hydrogens is 258 g/mol. The Balaban J connectivity index is 1.91. The van der Waals surface area contributed by atoms with E-state index in [0.717, 1.165) is 18.6 Å². The first-order chi connectivity index (χ1) is 9.67. The summed E-state index contributed by atoms with van der Waals surface area (Å²) in [4.78, 5) is 12.1. The zero-order valence-electron chi connectivity index (χ0n) is 11.7. The van der Waals surface area contributed by atoms with Gasteiger partial charge in [0, 0.05) is 12.5 Å². The molecule has 1 atom stereocenters. The van der Waals surface area contributed by atoms with Gasteiger partial charge >= 0.3 is 6.01 Å². The largest absolute Gasteiger partial charge is 0.469 e. The van der Waals surface area contributed by atoms with Crippen molar-refractivity contribution in [3.63, 3.8) is 0 Å². The van der Waals surface area contributed by atoms with E-state index in [1.807, 2.05) is 26.0 Å². The second-order valence-corrected chi connectivity index (χ2v) is 4.40. The van der Waals surface area contributed by atoms with Gasteiger partial charge in [0.15, 0.2) is 0 Å². The Labute approximate surface area is 117 Å². The molecule has 2 aromatic rings. The summed E-state index contributed by atoms with van der Waals surface area (Å²) in [6.07, 6.45) is 3.41. The Bertz CT molecular complexity index is 530. The van der Waals surface area contributed by atoms with E-state index in [1.54, 1.807) is 6.26 Å². The molecule has 0 bridgehead atoms. The summed E-state index contributed by atoms with van der Waals surface area (Å²) in [6.45, 7) is 4.39. The quantitative estimate of drug-likeness (QED) is 0.797. The normalized spacial score (nSPS) is 12.1. The minimum Gasteiger partial charge on any atom is -0.469 e. The van der Waals surface area contributed by atoms with Gasteiger partial charge in [0.2, 0.25) is 11.9 Å². The molecule has 7 nitrogen and oxygen atoms in total. The lowest BCUT2D eigenvalue weighted by atomic mass is 10.1. The van der Waals surface area contributed by atoms with Crippen LogP contribution in [0.3, 0.4) is 0 Å². The van der Waals surface area contributed by atoms with Gasteiger partial charge in [-0.05, 0) is 32.4 Å². The van der Waals surface area contributed by atoms with Crippen LogP contribution in [-0.2, 0) is 6.42 Å². The average molecular weight is 277 g/mol. The number of aromatic nitrogens is 3. The predicted molar refractivity (Wildman–Crippen MR) is 75.5 cm³/mol. The van der Waals surface area contributed by atoms with Crippen molar-refractivity contribution in [2.45, 2.75) is 32.7 Å². The summed E-state index contributed by atoms with van der Waals surface area (Å²) in [6, 6.07) is 4.26. The molecule has 0 spiro atoms. The first-order valence-electron chi connectivity index (χ1n) is 6.60. The molecule has 0 aliphatic heterocycles. The number of aryl methyl sites for hydroxylation is 1. The first kappa shape index (κ1) is 14.1. The van der Waals surface area contributed by atoms with Crippen molar-refractivity contribution < 1.29 is 9.15 Å². The topological polar surface area (TPSA) is 99.1 Å². The Morgan fingerprint density at radius 2 is 2.25 bits per heavy atom. The third-order valence-electron chi connectivity index (χ3n) is 2.68. The van der Waals surface area contributed by atoms with E-state index in [-0.39, 0.29) is 18.0 Å². The lowest BCUT2D eigenvalue weighted by Gasteiger charge is -2.13. The number of nitrogens with two attached hydrogens (primary N) is 1. The minimum atomic E-state index is 0.143. The molecule has 0 amide bonds. The van der Waals surface area contributed by atoms with Crippen molar-refractivity contribution >= 4 is 11.9 Å². The molecule has 2 rings (SSSR count). The minimum absolute atomic E-state index is 0.143. The van der Waals surface area contributed by atoms with Gasteiger partial charge < -0.3 is 20.2 Å². The van der Waals surface area contributed by atoms with Crippen LogP contribution in [0.5, 0.6) is 6.01 Å². The highest BCUT2D eigenvalue weighted by molar-refractivity contribution is 5.33. The van der Waals surface area contributed by atoms with Crippen molar-refractivity contribution in [2.24, 2.45) is 0 Å². The van der Waals surface area contributed by atoms with E-state index in [4.69, 9.17) is 14.9 Å². The average Bonchev–Trinajstić information content (AvgIpc) is 2.89. The molecule has 0 aromatic carbocycles. The number of hydrogen-bond acceptors (Lipinski definition) is 7. The van der Waals surface area contributed by atoms with Gasteiger partial charge in [-0.1, -0.05) is 0 Å². The van der Waals surface area contributed by atoms with E-state index < -0.39 is 0 Å². The van der Waals surface area contributed by atoms with E-state index in [1.165, 1.54) is 0 Å². The predicted octanol–water partition coefficient (Wildman–Crippen LogP) is 1.88. The molecule has 2 heterocycles. The van der Waals surface area contributed by atoms with Gasteiger partial charge in [-0.25, -0.2) is 0 Å². The third kappa shape index (κ3) is 4.11. The zero-order valence-corrected chi connectivity index (χ0v) is 11.7. The Morgan fingerprint density at radius 1 is 1.40 bits per heavy atom. The molecule has 0 saturated heterocycles. The number of nitrogens with zero attached hydrogens (tertiary/aromatic N) is 3. The van der Waals surface area contributed by atoms with E-state index in [0.29, 0.717) is 12.6 Å². The molecule has 2 aromatic heterocycles. The van der Waals surface area contributed by atoms with Crippen LogP contribution in [0.4, 0.5) is 11.9 Å². The molecule has 0 aliphatic rings. The maximum absolute atomic E-state index is 5.62. The maximum atomic E-state index is 5.62. The fourth-order valence-electron chi connectivity index (χ4n) is 1.74. The summed E-state index contributed by atoms with van der Waals surface area (Å²) >= 11 is 0. The standard InChI is InChI=1S/C13H19N5O2/c1-3-19-13-17-11(14)16-12(18-13)15-9(2)6-7-10-5-4-8-20-10/h4-5,8-9H,3,6-7H2,1-2H3,(H3,14,15,16,17,18). The van der Waals surface area contributed by atoms with Gasteiger partial charge in [0.05, 0.1) is 12.9 Å². The number of anilines is 2. The van der Waals surface area contributed by atoms with Crippen molar-refractivity contribution in [1.29, 1.82) is 0 Å². The fraction of sp³-hybridized carbons (Fsp3) is 0.462. The van der Waals surface area contributed by atoms with Gasteiger partial charge in [-0.3, -0.25) is 0 Å². The molecule has 3 N–H and O–H groups in total. The van der Waals surface area contributed by atoms with E-state index in [2.05, 4.69) is 20.3 Å². The highest BCUT2D eigenvalue weighted by Gasteiger charge is 2.09. The summed E-state index contributed by atoms with van der Waals surface area (Å²) < 4.78 is 10.5. The van der Waals surface area contributed by atoms with Crippen LogP contribution in [0.1, 0.15) is 26.0 Å². The number of hydrogen-bond donors (Lipinski definition) is 2. The fourth-order valence-corrected chi connectivity index (χ4v) is 1.74. The monoisotopic (exact) mass is 277 g/mol. The van der Waals surface area contributed by atoms with E-state index in [9.17, 15) is 0 Å². The third-order valence-corrected chi connectivity index (χ3v) is 2.68. The van der Waals surface area contributed by atoms with Crippen LogP contribution in [-0.4, -0.2) is 27.6 Å². The first-order valence-corrected chi connectivity index (χ1v) is 6.60. The summed E-state index contributed by atoms with van der Waals surface area (Å²) in [5, 5.41) is 3.18. The second-order valence-electron chi connectivity index (χ2n) is 4.40. The molecule has 1 unspecified atom stereocenters. The molecular formula is C13H19N5O2. The van der Waals surface area contributed by atoms with Crippen molar-refractivity contribution in [3.8, 4) is 6.01 Å². The number of rotatable bonds is 7. The molecule has 0 aliphatic carbocycles. The summed E-state index contributed by atoms with van der Waals surface area (Å²) in [5.41, 5.74) is 5.62. The number of ether oxygens (including phenoxy) is 1.